The maximum absolute atomic E-state index is 12.3. The van der Waals surface area contributed by atoms with E-state index in [-0.39, 0.29) is 24.7 Å². The van der Waals surface area contributed by atoms with Gasteiger partial charge in [-0.3, -0.25) is 9.59 Å². The van der Waals surface area contributed by atoms with E-state index in [9.17, 15) is 9.59 Å². The highest BCUT2D eigenvalue weighted by Gasteiger charge is 2.23. The normalized spacial score (nSPS) is 15.0. The highest BCUT2D eigenvalue weighted by atomic mass is 32.1. The second kappa shape index (κ2) is 9.43. The van der Waals surface area contributed by atoms with Crippen molar-refractivity contribution >= 4 is 28.3 Å². The molecule has 0 atom stereocenters. The Kier molecular flexibility index (Phi) is 6.71. The average Bonchev–Trinajstić information content (AvgIpc) is 3.18. The topological polar surface area (TPSA) is 75.2 Å². The molecule has 2 heterocycles. The molecule has 2 amide bonds. The first-order valence-corrected chi connectivity index (χ1v) is 9.96. The van der Waals surface area contributed by atoms with Gasteiger partial charge in [-0.05, 0) is 37.2 Å². The number of likely N-dealkylation sites (tertiary alicyclic amines) is 1. The Morgan fingerprint density at radius 1 is 1.15 bits per heavy atom. The number of rotatable bonds is 7. The summed E-state index contributed by atoms with van der Waals surface area (Å²) in [6, 6.07) is 10.5. The van der Waals surface area contributed by atoms with Crippen molar-refractivity contribution in [1.82, 2.24) is 15.1 Å². The minimum absolute atomic E-state index is 0.0684. The molecule has 1 aromatic carbocycles. The fourth-order valence-corrected chi connectivity index (χ4v) is 3.74. The number of aryl methyl sites for hydroxylation is 1. The summed E-state index contributed by atoms with van der Waals surface area (Å²) in [5.41, 5.74) is 2.94. The van der Waals surface area contributed by atoms with Crippen molar-refractivity contribution in [3.05, 3.63) is 41.4 Å². The van der Waals surface area contributed by atoms with Crippen LogP contribution in [0.3, 0.4) is 0 Å². The molecule has 0 bridgehead atoms. The van der Waals surface area contributed by atoms with Crippen LogP contribution in [0, 0.1) is 5.92 Å². The van der Waals surface area contributed by atoms with Crippen LogP contribution >= 0.6 is 11.3 Å². The lowest BCUT2D eigenvalue weighted by atomic mass is 9.90. The Bertz CT molecular complexity index is 698. The summed E-state index contributed by atoms with van der Waals surface area (Å²) in [5, 5.41) is 10.6. The molecule has 7 heteroatoms. The molecule has 6 nitrogen and oxygen atoms in total. The molecule has 0 spiro atoms. The van der Waals surface area contributed by atoms with Gasteiger partial charge in [-0.15, -0.1) is 10.2 Å². The number of aromatic nitrogens is 2. The fourth-order valence-electron chi connectivity index (χ4n) is 3.27. The lowest BCUT2D eigenvalue weighted by molar-refractivity contribution is -0.134. The van der Waals surface area contributed by atoms with Gasteiger partial charge in [-0.2, -0.15) is 0 Å². The molecule has 1 N–H and O–H groups in total. The van der Waals surface area contributed by atoms with E-state index in [4.69, 9.17) is 0 Å². The van der Waals surface area contributed by atoms with Gasteiger partial charge in [-0.1, -0.05) is 41.7 Å². The third-order valence-electron chi connectivity index (χ3n) is 4.82. The third-order valence-corrected chi connectivity index (χ3v) is 5.43. The van der Waals surface area contributed by atoms with E-state index in [2.05, 4.69) is 39.8 Å². The van der Waals surface area contributed by atoms with Crippen LogP contribution in [0.25, 0.3) is 0 Å². The van der Waals surface area contributed by atoms with Crippen molar-refractivity contribution in [1.29, 1.82) is 0 Å². The van der Waals surface area contributed by atoms with Crippen molar-refractivity contribution in [3.8, 4) is 0 Å². The molecule has 1 fully saturated rings. The molecule has 0 unspecified atom stereocenters. The number of anilines is 1. The lowest BCUT2D eigenvalue weighted by Crippen LogP contribution is -2.38. The van der Waals surface area contributed by atoms with Crippen LogP contribution in [0.2, 0.25) is 0 Å². The number of nitrogens with zero attached hydrogens (tertiary/aromatic N) is 3. The summed E-state index contributed by atoms with van der Waals surface area (Å²) in [6.45, 7) is 1.60. The predicted octanol–water partition coefficient (Wildman–Crippen LogP) is 3.13. The zero-order valence-electron chi connectivity index (χ0n) is 14.8. The van der Waals surface area contributed by atoms with E-state index in [1.54, 1.807) is 5.51 Å². The van der Waals surface area contributed by atoms with Crippen LogP contribution < -0.4 is 5.32 Å². The van der Waals surface area contributed by atoms with Crippen LogP contribution in [0.1, 0.15) is 37.7 Å². The molecule has 0 saturated carbocycles. The number of nitrogens with one attached hydrogen (secondary N) is 1. The monoisotopic (exact) mass is 372 g/mol. The first kappa shape index (κ1) is 18.5. The molecule has 0 aliphatic carbocycles. The van der Waals surface area contributed by atoms with E-state index >= 15 is 0 Å². The van der Waals surface area contributed by atoms with Gasteiger partial charge in [0.25, 0.3) is 0 Å². The number of carbonyl (C=O) groups is 2. The maximum atomic E-state index is 12.3. The number of piperidine rings is 1. The standard InChI is InChI=1S/C19H24N4O2S/c24-17(21-19-22-20-14-26-19)8-9-18(25)23-12-10-16(11-13-23)7-6-15-4-2-1-3-5-15/h1-5,14,16H,6-13H2,(H,21,22,24). The molecule has 1 saturated heterocycles. The van der Waals surface area contributed by atoms with E-state index in [1.807, 2.05) is 11.0 Å². The summed E-state index contributed by atoms with van der Waals surface area (Å²) in [5.74, 6) is 0.562. The van der Waals surface area contributed by atoms with Crippen LogP contribution in [-0.4, -0.2) is 40.0 Å². The number of hydrogen-bond acceptors (Lipinski definition) is 5. The van der Waals surface area contributed by atoms with E-state index < -0.39 is 0 Å². The minimum Gasteiger partial charge on any atom is -0.343 e. The van der Waals surface area contributed by atoms with Crippen molar-refractivity contribution in [2.45, 2.75) is 38.5 Å². The molecular formula is C19H24N4O2S. The van der Waals surface area contributed by atoms with Gasteiger partial charge in [0.2, 0.25) is 16.9 Å². The Hall–Kier alpha value is -2.28. The lowest BCUT2D eigenvalue weighted by Gasteiger charge is -2.32. The first-order chi connectivity index (χ1) is 12.7. The Morgan fingerprint density at radius 2 is 1.92 bits per heavy atom. The molecular weight excluding hydrogens is 348 g/mol. The SMILES string of the molecule is O=C(CCC(=O)N1CCC(CCc2ccccc2)CC1)Nc1nncs1. The summed E-state index contributed by atoms with van der Waals surface area (Å²) < 4.78 is 0. The smallest absolute Gasteiger partial charge is 0.226 e. The number of hydrogen-bond donors (Lipinski definition) is 1. The van der Waals surface area contributed by atoms with Crippen molar-refractivity contribution in [2.24, 2.45) is 5.92 Å². The Morgan fingerprint density at radius 3 is 2.62 bits per heavy atom. The van der Waals surface area contributed by atoms with Gasteiger partial charge in [0.1, 0.15) is 5.51 Å². The molecule has 2 aromatic rings. The van der Waals surface area contributed by atoms with Crippen molar-refractivity contribution < 1.29 is 9.59 Å². The van der Waals surface area contributed by atoms with Gasteiger partial charge in [0.15, 0.2) is 0 Å². The van der Waals surface area contributed by atoms with Crippen LogP contribution in [0.5, 0.6) is 0 Å². The second-order valence-electron chi connectivity index (χ2n) is 6.64. The van der Waals surface area contributed by atoms with E-state index in [1.165, 1.54) is 23.3 Å². The summed E-state index contributed by atoms with van der Waals surface area (Å²) >= 11 is 1.27. The van der Waals surface area contributed by atoms with Crippen LogP contribution in [0.15, 0.2) is 35.8 Å². The largest absolute Gasteiger partial charge is 0.343 e. The zero-order chi connectivity index (χ0) is 18.2. The Labute approximate surface area is 157 Å². The molecule has 26 heavy (non-hydrogen) atoms. The number of carbonyl (C=O) groups excluding carboxylic acids is 2. The highest BCUT2D eigenvalue weighted by Crippen LogP contribution is 2.23. The van der Waals surface area contributed by atoms with Crippen LogP contribution in [0.4, 0.5) is 5.13 Å². The molecule has 0 radical (unpaired) electrons. The minimum atomic E-state index is -0.187. The second-order valence-corrected chi connectivity index (χ2v) is 7.47. The molecule has 1 aromatic heterocycles. The Balaban J connectivity index is 1.33. The molecule has 3 rings (SSSR count). The molecule has 1 aliphatic heterocycles. The summed E-state index contributed by atoms with van der Waals surface area (Å²) in [4.78, 5) is 26.0. The summed E-state index contributed by atoms with van der Waals surface area (Å²) in [6.07, 6.45) is 4.82. The first-order valence-electron chi connectivity index (χ1n) is 9.08. The number of benzene rings is 1. The maximum Gasteiger partial charge on any atom is 0.226 e. The quantitative estimate of drug-likeness (QED) is 0.810. The highest BCUT2D eigenvalue weighted by molar-refractivity contribution is 7.13. The molecule has 138 valence electrons. The number of amides is 2. The van der Waals surface area contributed by atoms with Crippen LogP contribution in [-0.2, 0) is 16.0 Å². The van der Waals surface area contributed by atoms with Gasteiger partial charge >= 0.3 is 0 Å². The summed E-state index contributed by atoms with van der Waals surface area (Å²) in [7, 11) is 0. The van der Waals surface area contributed by atoms with E-state index in [0.717, 1.165) is 32.4 Å². The predicted molar refractivity (Wildman–Crippen MR) is 102 cm³/mol. The average molecular weight is 372 g/mol. The van der Waals surface area contributed by atoms with Gasteiger partial charge in [0, 0.05) is 25.9 Å². The van der Waals surface area contributed by atoms with Crippen molar-refractivity contribution in [3.63, 3.8) is 0 Å². The van der Waals surface area contributed by atoms with Crippen molar-refractivity contribution in [2.75, 3.05) is 18.4 Å². The zero-order valence-corrected chi connectivity index (χ0v) is 15.6. The van der Waals surface area contributed by atoms with Gasteiger partial charge in [-0.25, -0.2) is 0 Å². The van der Waals surface area contributed by atoms with Gasteiger partial charge in [0.05, 0.1) is 0 Å². The third kappa shape index (κ3) is 5.62. The molecule has 1 aliphatic rings. The fraction of sp³-hybridized carbons (Fsp3) is 0.474. The van der Waals surface area contributed by atoms with Gasteiger partial charge < -0.3 is 10.2 Å². The van der Waals surface area contributed by atoms with E-state index in [0.29, 0.717) is 11.0 Å².